The van der Waals surface area contributed by atoms with Crippen LogP contribution < -0.4 is 9.47 Å². The number of carboxylic acids is 2. The lowest BCUT2D eigenvalue weighted by molar-refractivity contribution is -0.154. The van der Waals surface area contributed by atoms with E-state index in [0.717, 1.165) is 59.5 Å². The van der Waals surface area contributed by atoms with Crippen LogP contribution >= 0.6 is 0 Å². The van der Waals surface area contributed by atoms with Gasteiger partial charge in [-0.1, -0.05) is 19.3 Å². The number of rotatable bonds is 12. The molecule has 7 heteroatoms. The van der Waals surface area contributed by atoms with E-state index in [-0.39, 0.29) is 6.42 Å². The molecule has 0 atom stereocenters. The highest BCUT2D eigenvalue weighted by molar-refractivity contribution is 5.93. The van der Waals surface area contributed by atoms with Crippen molar-refractivity contribution in [2.45, 2.75) is 45.6 Å². The van der Waals surface area contributed by atoms with Crippen LogP contribution in [0.15, 0.2) is 42.5 Å². The van der Waals surface area contributed by atoms with E-state index in [1.54, 1.807) is 14.2 Å². The predicted octanol–water partition coefficient (Wildman–Crippen LogP) is 5.37. The van der Waals surface area contributed by atoms with Gasteiger partial charge in [-0.2, -0.15) is 0 Å². The lowest BCUT2D eigenvalue weighted by Crippen LogP contribution is -2.23. The first kappa shape index (κ1) is 24.2. The number of aromatic nitrogens is 1. The molecule has 0 radical (unpaired) electrons. The Labute approximate surface area is 193 Å². The molecule has 0 aliphatic carbocycles. The normalized spacial score (nSPS) is 11.2. The molecule has 7 nitrogen and oxygen atoms in total. The fourth-order valence-electron chi connectivity index (χ4n) is 4.31. The number of hydrogen-bond donors (Lipinski definition) is 2. The van der Waals surface area contributed by atoms with Gasteiger partial charge in [0.2, 0.25) is 0 Å². The number of ether oxygens (including phenoxy) is 2. The van der Waals surface area contributed by atoms with Crippen LogP contribution in [0.25, 0.3) is 22.2 Å². The van der Waals surface area contributed by atoms with E-state index in [1.165, 1.54) is 5.56 Å². The van der Waals surface area contributed by atoms with E-state index >= 15 is 0 Å². The third kappa shape index (κ3) is 5.48. The summed E-state index contributed by atoms with van der Waals surface area (Å²) in [5, 5.41) is 19.2. The first-order valence-electron chi connectivity index (χ1n) is 11.1. The Morgan fingerprint density at radius 1 is 0.879 bits per heavy atom. The predicted molar refractivity (Wildman–Crippen MR) is 127 cm³/mol. The molecule has 3 aromatic rings. The minimum atomic E-state index is -1.32. The molecule has 0 saturated heterocycles. The van der Waals surface area contributed by atoms with Crippen molar-refractivity contribution in [1.82, 2.24) is 4.57 Å². The van der Waals surface area contributed by atoms with Gasteiger partial charge in [-0.15, -0.1) is 0 Å². The van der Waals surface area contributed by atoms with Gasteiger partial charge in [-0.25, -0.2) is 0 Å². The third-order valence-electron chi connectivity index (χ3n) is 6.11. The number of aryl methyl sites for hydroxylation is 2. The van der Waals surface area contributed by atoms with Crippen molar-refractivity contribution in [1.29, 1.82) is 0 Å². The Morgan fingerprint density at radius 3 is 2.09 bits per heavy atom. The molecular formula is C26H31NO6. The maximum absolute atomic E-state index is 11.0. The molecule has 0 fully saturated rings. The number of methoxy groups -OCH3 is 2. The molecule has 0 aliphatic rings. The Balaban J connectivity index is 1.78. The second-order valence-corrected chi connectivity index (χ2v) is 8.17. The standard InChI is InChI=1S/C26H31NO6/c1-17-22-16-20(33-3)13-14-23(22)27(24(17)18-9-11-19(32-2)12-10-18)15-7-5-4-6-8-21(25(28)29)26(30)31/h9-14,16,21H,4-8,15H2,1-3H3,(H,28,29)(H,30,31). The van der Waals surface area contributed by atoms with E-state index in [1.807, 2.05) is 18.2 Å². The second kappa shape index (κ2) is 10.9. The van der Waals surface area contributed by atoms with Gasteiger partial charge in [-0.05, 0) is 73.4 Å². The topological polar surface area (TPSA) is 98.0 Å². The number of nitrogens with zero attached hydrogens (tertiary/aromatic N) is 1. The molecule has 1 aromatic heterocycles. The summed E-state index contributed by atoms with van der Waals surface area (Å²) >= 11 is 0. The summed E-state index contributed by atoms with van der Waals surface area (Å²) in [4.78, 5) is 22.1. The summed E-state index contributed by atoms with van der Waals surface area (Å²) < 4.78 is 13.1. The quantitative estimate of drug-likeness (QED) is 0.283. The molecule has 176 valence electrons. The molecule has 0 spiro atoms. The van der Waals surface area contributed by atoms with E-state index < -0.39 is 17.9 Å². The van der Waals surface area contributed by atoms with Crippen molar-refractivity contribution in [2.75, 3.05) is 14.2 Å². The molecule has 0 amide bonds. The van der Waals surface area contributed by atoms with Crippen molar-refractivity contribution in [2.24, 2.45) is 5.92 Å². The third-order valence-corrected chi connectivity index (χ3v) is 6.11. The highest BCUT2D eigenvalue weighted by Crippen LogP contribution is 2.36. The van der Waals surface area contributed by atoms with Crippen LogP contribution in [0.3, 0.4) is 0 Å². The van der Waals surface area contributed by atoms with Crippen LogP contribution in [0.2, 0.25) is 0 Å². The molecule has 1 heterocycles. The molecule has 2 N–H and O–H groups in total. The van der Waals surface area contributed by atoms with Crippen molar-refractivity contribution in [3.05, 3.63) is 48.0 Å². The Kier molecular flexibility index (Phi) is 7.98. The van der Waals surface area contributed by atoms with Crippen LogP contribution in [-0.2, 0) is 16.1 Å². The Bertz CT molecular complexity index is 1100. The zero-order valence-electron chi connectivity index (χ0n) is 19.3. The number of aliphatic carboxylic acids is 2. The van der Waals surface area contributed by atoms with Gasteiger partial charge in [0.05, 0.1) is 19.9 Å². The average molecular weight is 454 g/mol. The van der Waals surface area contributed by atoms with E-state index in [4.69, 9.17) is 19.7 Å². The van der Waals surface area contributed by atoms with Crippen LogP contribution in [-0.4, -0.2) is 40.9 Å². The highest BCUT2D eigenvalue weighted by Gasteiger charge is 2.24. The fourth-order valence-corrected chi connectivity index (χ4v) is 4.31. The van der Waals surface area contributed by atoms with Crippen LogP contribution in [0.1, 0.15) is 37.7 Å². The molecule has 0 unspecified atom stereocenters. The summed E-state index contributed by atoms with van der Waals surface area (Å²) in [6.07, 6.45) is 3.33. The van der Waals surface area contributed by atoms with Gasteiger partial charge in [0, 0.05) is 17.4 Å². The summed E-state index contributed by atoms with van der Waals surface area (Å²) in [5.41, 5.74) is 4.57. The van der Waals surface area contributed by atoms with Gasteiger partial charge >= 0.3 is 11.9 Å². The molecule has 2 aromatic carbocycles. The minimum Gasteiger partial charge on any atom is -0.497 e. The lowest BCUT2D eigenvalue weighted by atomic mass is 10.0. The highest BCUT2D eigenvalue weighted by atomic mass is 16.5. The smallest absolute Gasteiger partial charge is 0.317 e. The van der Waals surface area contributed by atoms with Crippen molar-refractivity contribution in [3.63, 3.8) is 0 Å². The lowest BCUT2D eigenvalue weighted by Gasteiger charge is -2.13. The monoisotopic (exact) mass is 453 g/mol. The summed E-state index contributed by atoms with van der Waals surface area (Å²) in [7, 11) is 3.32. The van der Waals surface area contributed by atoms with Crippen molar-refractivity contribution < 1.29 is 29.3 Å². The minimum absolute atomic E-state index is 0.160. The average Bonchev–Trinajstić information content (AvgIpc) is 3.08. The molecule has 0 aliphatic heterocycles. The van der Waals surface area contributed by atoms with E-state index in [2.05, 4.69) is 35.8 Å². The van der Waals surface area contributed by atoms with Crippen LogP contribution in [0.5, 0.6) is 11.5 Å². The Morgan fingerprint density at radius 2 is 1.48 bits per heavy atom. The van der Waals surface area contributed by atoms with Crippen LogP contribution in [0.4, 0.5) is 0 Å². The van der Waals surface area contributed by atoms with Gasteiger partial charge in [0.15, 0.2) is 5.92 Å². The first-order valence-corrected chi connectivity index (χ1v) is 11.1. The molecular weight excluding hydrogens is 422 g/mol. The SMILES string of the molecule is COc1ccc(-c2c(C)c3cc(OC)ccc3n2CCCCCCC(C(=O)O)C(=O)O)cc1. The number of hydrogen-bond acceptors (Lipinski definition) is 4. The van der Waals surface area contributed by atoms with Crippen molar-refractivity contribution in [3.8, 4) is 22.8 Å². The molecule has 33 heavy (non-hydrogen) atoms. The van der Waals surface area contributed by atoms with Gasteiger partial charge in [0.25, 0.3) is 0 Å². The summed E-state index contributed by atoms with van der Waals surface area (Å²) in [6, 6.07) is 14.1. The van der Waals surface area contributed by atoms with E-state index in [9.17, 15) is 9.59 Å². The first-order chi connectivity index (χ1) is 15.9. The number of benzene rings is 2. The zero-order chi connectivity index (χ0) is 24.0. The zero-order valence-corrected chi connectivity index (χ0v) is 19.3. The number of carbonyl (C=O) groups is 2. The van der Waals surface area contributed by atoms with Gasteiger partial charge in [-0.3, -0.25) is 9.59 Å². The maximum atomic E-state index is 11.0. The Hall–Kier alpha value is -3.48. The molecule has 0 saturated carbocycles. The van der Waals surface area contributed by atoms with Gasteiger partial charge < -0.3 is 24.3 Å². The van der Waals surface area contributed by atoms with Crippen molar-refractivity contribution >= 4 is 22.8 Å². The maximum Gasteiger partial charge on any atom is 0.317 e. The number of fused-ring (bicyclic) bond motifs is 1. The fraction of sp³-hybridized carbons (Fsp3) is 0.385. The molecule has 0 bridgehead atoms. The largest absolute Gasteiger partial charge is 0.497 e. The summed E-state index contributed by atoms with van der Waals surface area (Å²) in [6.45, 7) is 2.93. The van der Waals surface area contributed by atoms with Gasteiger partial charge in [0.1, 0.15) is 11.5 Å². The molecule has 3 rings (SSSR count). The van der Waals surface area contributed by atoms with Crippen LogP contribution in [0, 0.1) is 12.8 Å². The second-order valence-electron chi connectivity index (χ2n) is 8.17. The van der Waals surface area contributed by atoms with E-state index in [0.29, 0.717) is 6.42 Å². The number of carboxylic acid groups (broad SMARTS) is 2. The summed E-state index contributed by atoms with van der Waals surface area (Å²) in [5.74, 6) is -2.23. The number of unbranched alkanes of at least 4 members (excludes halogenated alkanes) is 3.